The van der Waals surface area contributed by atoms with Crippen molar-refractivity contribution in [3.05, 3.63) is 29.0 Å². The fourth-order valence-corrected chi connectivity index (χ4v) is 2.88. The number of carbonyl (C=O) groups is 1. The first-order chi connectivity index (χ1) is 11.5. The predicted octanol–water partition coefficient (Wildman–Crippen LogP) is 2.42. The van der Waals surface area contributed by atoms with Gasteiger partial charge in [0.1, 0.15) is 18.2 Å². The Morgan fingerprint density at radius 1 is 1.62 bits per heavy atom. The number of amides is 1. The molecule has 6 nitrogen and oxygen atoms in total. The summed E-state index contributed by atoms with van der Waals surface area (Å²) in [6.45, 7) is 2.17. The molecule has 3 rings (SSSR count). The Morgan fingerprint density at radius 2 is 2.42 bits per heavy atom. The van der Waals surface area contributed by atoms with Gasteiger partial charge in [0.05, 0.1) is 5.02 Å². The second kappa shape index (κ2) is 6.94. The number of amidine groups is 1. The van der Waals surface area contributed by atoms with Crippen molar-refractivity contribution in [2.24, 2.45) is 10.9 Å². The van der Waals surface area contributed by atoms with Crippen LogP contribution in [0.1, 0.15) is 26.2 Å². The van der Waals surface area contributed by atoms with E-state index < -0.39 is 5.82 Å². The highest BCUT2D eigenvalue weighted by molar-refractivity contribution is 6.30. The summed E-state index contributed by atoms with van der Waals surface area (Å²) in [5, 5.41) is 2.93. The lowest BCUT2D eigenvalue weighted by molar-refractivity contribution is -0.110. The minimum absolute atomic E-state index is 0.0499. The zero-order valence-electron chi connectivity index (χ0n) is 13.2. The number of carbonyl (C=O) groups excluding carboxylic acids is 1. The van der Waals surface area contributed by atoms with Gasteiger partial charge in [-0.25, -0.2) is 19.7 Å². The minimum atomic E-state index is -0.532. The maximum atomic E-state index is 13.4. The van der Waals surface area contributed by atoms with Crippen molar-refractivity contribution in [1.29, 1.82) is 0 Å². The van der Waals surface area contributed by atoms with Crippen LogP contribution in [0.15, 0.2) is 23.2 Å². The van der Waals surface area contributed by atoms with E-state index in [9.17, 15) is 9.18 Å². The quantitative estimate of drug-likeness (QED) is 0.702. The third-order valence-corrected chi connectivity index (χ3v) is 4.57. The highest BCUT2D eigenvalue weighted by Crippen LogP contribution is 2.41. The SMILES string of the molecule is CC(CC1(NC=O)CC1)C1N=C(COc2ccc(Cl)c(F)c2)NO1. The summed E-state index contributed by atoms with van der Waals surface area (Å²) in [5.74, 6) is 0.508. The van der Waals surface area contributed by atoms with Gasteiger partial charge in [0, 0.05) is 17.5 Å². The summed E-state index contributed by atoms with van der Waals surface area (Å²) in [4.78, 5) is 20.5. The molecule has 0 radical (unpaired) electrons. The van der Waals surface area contributed by atoms with Crippen LogP contribution in [0.2, 0.25) is 5.02 Å². The van der Waals surface area contributed by atoms with Crippen LogP contribution < -0.4 is 15.5 Å². The fourth-order valence-electron chi connectivity index (χ4n) is 2.76. The van der Waals surface area contributed by atoms with Gasteiger partial charge in [-0.05, 0) is 31.4 Å². The van der Waals surface area contributed by atoms with E-state index in [0.717, 1.165) is 25.7 Å². The number of hydrogen-bond donors (Lipinski definition) is 2. The summed E-state index contributed by atoms with van der Waals surface area (Å²) < 4.78 is 18.8. The first kappa shape index (κ1) is 17.0. The first-order valence-corrected chi connectivity index (χ1v) is 8.17. The van der Waals surface area contributed by atoms with Crippen LogP contribution in [0, 0.1) is 11.7 Å². The number of nitrogens with zero attached hydrogens (tertiary/aromatic N) is 1. The number of rotatable bonds is 8. The highest BCUT2D eigenvalue weighted by atomic mass is 35.5. The summed E-state index contributed by atoms with van der Waals surface area (Å²) >= 11 is 5.63. The molecule has 1 heterocycles. The van der Waals surface area contributed by atoms with Crippen LogP contribution in [0.25, 0.3) is 0 Å². The summed E-state index contributed by atoms with van der Waals surface area (Å²) in [7, 11) is 0. The third-order valence-electron chi connectivity index (χ3n) is 4.27. The Labute approximate surface area is 144 Å². The number of aliphatic imine (C=N–C) groups is 1. The summed E-state index contributed by atoms with van der Waals surface area (Å²) in [5.41, 5.74) is 2.64. The number of nitrogens with one attached hydrogen (secondary N) is 2. The van der Waals surface area contributed by atoms with E-state index in [1.807, 2.05) is 6.92 Å². The summed E-state index contributed by atoms with van der Waals surface area (Å²) in [6, 6.07) is 4.25. The van der Waals surface area contributed by atoms with Crippen molar-refractivity contribution in [3.63, 3.8) is 0 Å². The normalized spacial score (nSPS) is 22.3. The number of ether oxygens (including phenoxy) is 1. The molecule has 0 bridgehead atoms. The van der Waals surface area contributed by atoms with Gasteiger partial charge in [0.2, 0.25) is 6.41 Å². The zero-order chi connectivity index (χ0) is 17.2. The molecule has 0 spiro atoms. The van der Waals surface area contributed by atoms with Crippen LogP contribution in [0.3, 0.4) is 0 Å². The molecule has 2 aliphatic rings. The van der Waals surface area contributed by atoms with Crippen molar-refractivity contribution in [1.82, 2.24) is 10.8 Å². The second-order valence-electron chi connectivity index (χ2n) is 6.27. The molecule has 2 unspecified atom stereocenters. The van der Waals surface area contributed by atoms with Gasteiger partial charge in [-0.1, -0.05) is 18.5 Å². The molecule has 1 aromatic carbocycles. The smallest absolute Gasteiger partial charge is 0.207 e. The molecular formula is C16H19ClFN3O3. The Balaban J connectivity index is 1.51. The van der Waals surface area contributed by atoms with Gasteiger partial charge < -0.3 is 10.1 Å². The zero-order valence-corrected chi connectivity index (χ0v) is 14.0. The lowest BCUT2D eigenvalue weighted by Gasteiger charge is -2.21. The number of hydroxylamine groups is 1. The van der Waals surface area contributed by atoms with Crippen molar-refractivity contribution in [2.75, 3.05) is 6.61 Å². The molecule has 1 fully saturated rings. The molecule has 130 valence electrons. The van der Waals surface area contributed by atoms with Crippen molar-refractivity contribution in [3.8, 4) is 5.75 Å². The maximum Gasteiger partial charge on any atom is 0.207 e. The topological polar surface area (TPSA) is 72.0 Å². The fraction of sp³-hybridized carbons (Fsp3) is 0.500. The number of halogens is 2. The Bertz CT molecular complexity index is 651. The second-order valence-corrected chi connectivity index (χ2v) is 6.68. The molecule has 1 aliphatic heterocycles. The lowest BCUT2D eigenvalue weighted by Crippen LogP contribution is -2.34. The van der Waals surface area contributed by atoms with E-state index in [-0.39, 0.29) is 29.3 Å². The lowest BCUT2D eigenvalue weighted by atomic mass is 9.98. The molecule has 1 aliphatic carbocycles. The standard InChI is InChI=1S/C16H19ClFN3O3/c1-10(7-16(4-5-16)19-9-22)15-20-14(21-24-15)8-23-11-2-3-12(17)13(18)6-11/h2-3,6,9-10,15H,4-5,7-8H2,1H3,(H,19,22)(H,20,21). The average molecular weight is 356 g/mol. The molecule has 2 N–H and O–H groups in total. The first-order valence-electron chi connectivity index (χ1n) is 7.79. The molecule has 24 heavy (non-hydrogen) atoms. The van der Waals surface area contributed by atoms with Crippen LogP contribution in [0.5, 0.6) is 5.75 Å². The number of benzene rings is 1. The Morgan fingerprint density at radius 3 is 3.08 bits per heavy atom. The molecule has 8 heteroatoms. The van der Waals surface area contributed by atoms with Gasteiger partial charge in [0.15, 0.2) is 12.1 Å². The van der Waals surface area contributed by atoms with Crippen LogP contribution in [-0.2, 0) is 9.63 Å². The molecule has 0 aromatic heterocycles. The Hall–Kier alpha value is -1.86. The largest absolute Gasteiger partial charge is 0.486 e. The van der Waals surface area contributed by atoms with Crippen molar-refractivity contribution in [2.45, 2.75) is 38.0 Å². The van der Waals surface area contributed by atoms with Crippen LogP contribution in [0.4, 0.5) is 4.39 Å². The van der Waals surface area contributed by atoms with E-state index in [2.05, 4.69) is 15.8 Å². The third kappa shape index (κ3) is 3.96. The molecule has 0 saturated heterocycles. The van der Waals surface area contributed by atoms with Gasteiger partial charge in [0.25, 0.3) is 0 Å². The van der Waals surface area contributed by atoms with Crippen LogP contribution >= 0.6 is 11.6 Å². The number of hydrogen-bond acceptors (Lipinski definition) is 5. The van der Waals surface area contributed by atoms with Gasteiger partial charge in [-0.3, -0.25) is 4.79 Å². The predicted molar refractivity (Wildman–Crippen MR) is 87.3 cm³/mol. The van der Waals surface area contributed by atoms with Crippen LogP contribution in [-0.4, -0.2) is 30.6 Å². The summed E-state index contributed by atoms with van der Waals surface area (Å²) in [6.07, 6.45) is 3.19. The van der Waals surface area contributed by atoms with Gasteiger partial charge in [-0.2, -0.15) is 0 Å². The van der Waals surface area contributed by atoms with E-state index in [0.29, 0.717) is 11.6 Å². The minimum Gasteiger partial charge on any atom is -0.486 e. The molecular weight excluding hydrogens is 337 g/mol. The monoisotopic (exact) mass is 355 g/mol. The van der Waals surface area contributed by atoms with Crippen molar-refractivity contribution >= 4 is 23.8 Å². The van der Waals surface area contributed by atoms with E-state index in [1.165, 1.54) is 12.1 Å². The van der Waals surface area contributed by atoms with E-state index >= 15 is 0 Å². The van der Waals surface area contributed by atoms with E-state index in [1.54, 1.807) is 6.07 Å². The molecule has 1 amide bonds. The maximum absolute atomic E-state index is 13.4. The van der Waals surface area contributed by atoms with Crippen molar-refractivity contribution < 1.29 is 18.8 Å². The Kier molecular flexibility index (Phi) is 4.91. The van der Waals surface area contributed by atoms with E-state index in [4.69, 9.17) is 21.2 Å². The van der Waals surface area contributed by atoms with Gasteiger partial charge >= 0.3 is 0 Å². The van der Waals surface area contributed by atoms with Gasteiger partial charge in [-0.15, -0.1) is 0 Å². The highest BCUT2D eigenvalue weighted by Gasteiger charge is 2.45. The molecule has 2 atom stereocenters. The average Bonchev–Trinajstić information content (AvgIpc) is 3.12. The molecule has 1 aromatic rings. The molecule has 1 saturated carbocycles.